The molecule has 5 aromatic rings. The molecule has 0 aliphatic carbocycles. The highest BCUT2D eigenvalue weighted by Gasteiger charge is 2.21. The Morgan fingerprint density at radius 1 is 0.826 bits per heavy atom. The van der Waals surface area contributed by atoms with Crippen LogP contribution in [0.1, 0.15) is 33.5 Å². The fourth-order valence-corrected chi connectivity index (χ4v) is 4.92. The maximum absolute atomic E-state index is 12.2. The summed E-state index contributed by atoms with van der Waals surface area (Å²) >= 11 is 0. The van der Waals surface area contributed by atoms with Crippen molar-refractivity contribution in [3.63, 3.8) is 0 Å². The van der Waals surface area contributed by atoms with Crippen LogP contribution in [0, 0.1) is 27.7 Å². The molecule has 0 saturated heterocycles. The van der Waals surface area contributed by atoms with Gasteiger partial charge in [0.25, 0.3) is 10.9 Å². The fourth-order valence-electron chi connectivity index (χ4n) is 4.92. The monoisotopic (exact) mass is 620 g/mol. The summed E-state index contributed by atoms with van der Waals surface area (Å²) in [6.07, 6.45) is 2.05. The third kappa shape index (κ3) is 9.06. The first-order valence-electron chi connectivity index (χ1n) is 14.7. The molecule has 0 amide bonds. The maximum atomic E-state index is 12.2. The molecule has 1 aromatic heterocycles. The van der Waals surface area contributed by atoms with E-state index in [1.165, 1.54) is 22.3 Å². The molecule has 9 nitrogen and oxygen atoms in total. The fraction of sp³-hybridized carbons (Fsp3) is 0.216. The van der Waals surface area contributed by atoms with E-state index >= 15 is 0 Å². The summed E-state index contributed by atoms with van der Waals surface area (Å²) in [7, 11) is 1.63. The lowest BCUT2D eigenvalue weighted by molar-refractivity contribution is -0.139. The highest BCUT2D eigenvalue weighted by molar-refractivity contribution is 5.80. The Balaban J connectivity index is 0.000000406. The summed E-state index contributed by atoms with van der Waals surface area (Å²) in [4.78, 5) is 47.7. The first-order valence-corrected chi connectivity index (χ1v) is 14.7. The molecule has 0 radical (unpaired) electrons. The van der Waals surface area contributed by atoms with Crippen LogP contribution in [0.4, 0.5) is 17.1 Å². The van der Waals surface area contributed by atoms with Gasteiger partial charge >= 0.3 is 5.97 Å². The summed E-state index contributed by atoms with van der Waals surface area (Å²) in [6, 6.07) is 24.5. The van der Waals surface area contributed by atoms with Gasteiger partial charge in [0.15, 0.2) is 0 Å². The van der Waals surface area contributed by atoms with E-state index in [0.717, 1.165) is 22.4 Å². The number of aromatic nitrogens is 1. The molecule has 0 fully saturated rings. The average Bonchev–Trinajstić information content (AvgIpc) is 3.07. The number of aryl methyl sites for hydroxylation is 3. The van der Waals surface area contributed by atoms with Gasteiger partial charge in [0.2, 0.25) is 0 Å². The lowest BCUT2D eigenvalue weighted by Gasteiger charge is -2.15. The van der Waals surface area contributed by atoms with Crippen molar-refractivity contribution >= 4 is 29.8 Å². The van der Waals surface area contributed by atoms with E-state index in [2.05, 4.69) is 60.8 Å². The number of aliphatic carboxylic acids is 1. The van der Waals surface area contributed by atoms with Crippen LogP contribution in [0.5, 0.6) is 0 Å². The zero-order chi connectivity index (χ0) is 33.8. The number of pyridine rings is 1. The molecular formula is C37H40N4O5. The van der Waals surface area contributed by atoms with Crippen molar-refractivity contribution in [3.8, 4) is 11.1 Å². The van der Waals surface area contributed by atoms with Crippen LogP contribution >= 0.6 is 0 Å². The Hall–Kier alpha value is -5.41. The zero-order valence-corrected chi connectivity index (χ0v) is 26.8. The number of hydrogen-bond acceptors (Lipinski definition) is 8. The van der Waals surface area contributed by atoms with Gasteiger partial charge in [0.05, 0.1) is 12.2 Å². The Kier molecular flexibility index (Phi) is 12.7. The average molecular weight is 621 g/mol. The minimum absolute atomic E-state index is 0.236. The Morgan fingerprint density at radius 3 is 2.07 bits per heavy atom. The Bertz CT molecular complexity index is 1810. The van der Waals surface area contributed by atoms with Gasteiger partial charge in [-0.25, -0.2) is 0 Å². The molecule has 4 N–H and O–H groups in total. The molecule has 1 unspecified atom stereocenters. The first-order chi connectivity index (χ1) is 22.1. The highest BCUT2D eigenvalue weighted by atomic mass is 16.4. The first kappa shape index (κ1) is 35.1. The van der Waals surface area contributed by atoms with E-state index in [1.807, 2.05) is 73.5 Å². The van der Waals surface area contributed by atoms with Gasteiger partial charge in [0.1, 0.15) is 24.2 Å². The predicted molar refractivity (Wildman–Crippen MR) is 185 cm³/mol. The van der Waals surface area contributed by atoms with Crippen LogP contribution in [-0.4, -0.2) is 35.9 Å². The molecule has 238 valence electrons. The molecule has 1 heterocycles. The summed E-state index contributed by atoms with van der Waals surface area (Å²) in [5, 5.41) is 18.1. The van der Waals surface area contributed by atoms with Crippen molar-refractivity contribution in [3.05, 3.63) is 139 Å². The number of anilines is 3. The van der Waals surface area contributed by atoms with Crippen molar-refractivity contribution < 1.29 is 14.7 Å². The zero-order valence-electron chi connectivity index (χ0n) is 26.8. The van der Waals surface area contributed by atoms with Gasteiger partial charge in [-0.2, -0.15) is 0 Å². The molecule has 1 atom stereocenters. The molecule has 0 saturated carbocycles. The van der Waals surface area contributed by atoms with Crippen molar-refractivity contribution in [2.75, 3.05) is 17.7 Å². The van der Waals surface area contributed by atoms with E-state index in [1.54, 1.807) is 13.2 Å². The van der Waals surface area contributed by atoms with Gasteiger partial charge in [-0.1, -0.05) is 60.2 Å². The topological polar surface area (TPSA) is 137 Å². The summed E-state index contributed by atoms with van der Waals surface area (Å²) < 4.78 is 0. The molecule has 0 bridgehead atoms. The third-order valence-corrected chi connectivity index (χ3v) is 7.66. The van der Waals surface area contributed by atoms with E-state index in [4.69, 9.17) is 4.79 Å². The van der Waals surface area contributed by atoms with Crippen LogP contribution in [0.25, 0.3) is 11.1 Å². The van der Waals surface area contributed by atoms with Crippen molar-refractivity contribution in [2.24, 2.45) is 0 Å². The van der Waals surface area contributed by atoms with Gasteiger partial charge in [-0.05, 0) is 98.8 Å². The van der Waals surface area contributed by atoms with Crippen molar-refractivity contribution in [1.29, 1.82) is 0 Å². The molecule has 5 rings (SSSR count). The SMILES string of the molecule is C=O.CNC(Cc1ccc(-c2cccc(Nc3c(NCc4ccccn4)c(=O)c3=O)c2)cc1)C(=O)O.Cc1cc(C)c(C)c(C)c1. The number of rotatable bonds is 10. The molecule has 46 heavy (non-hydrogen) atoms. The Morgan fingerprint density at radius 2 is 1.48 bits per heavy atom. The summed E-state index contributed by atoms with van der Waals surface area (Å²) in [5.41, 5.74) is 9.18. The van der Waals surface area contributed by atoms with Gasteiger partial charge in [0, 0.05) is 11.9 Å². The number of carbonyl (C=O) groups is 2. The second-order valence-corrected chi connectivity index (χ2v) is 10.9. The molecular weight excluding hydrogens is 580 g/mol. The number of likely N-dealkylation sites (N-methyl/N-ethyl adjacent to an activating group) is 1. The van der Waals surface area contributed by atoms with Crippen LogP contribution in [0.2, 0.25) is 0 Å². The quantitative estimate of drug-likeness (QED) is 0.146. The number of nitrogens with zero attached hydrogens (tertiary/aromatic N) is 1. The van der Waals surface area contributed by atoms with Gasteiger partial charge in [-0.15, -0.1) is 0 Å². The lowest BCUT2D eigenvalue weighted by Crippen LogP contribution is -2.36. The number of benzene rings is 3. The highest BCUT2D eigenvalue weighted by Crippen LogP contribution is 2.27. The molecule has 4 aromatic carbocycles. The molecule has 0 aliphatic heterocycles. The van der Waals surface area contributed by atoms with Crippen molar-refractivity contribution in [1.82, 2.24) is 10.3 Å². The second kappa shape index (κ2) is 16.6. The van der Waals surface area contributed by atoms with Crippen LogP contribution in [-0.2, 0) is 22.6 Å². The summed E-state index contributed by atoms with van der Waals surface area (Å²) in [6.45, 7) is 11.0. The summed E-state index contributed by atoms with van der Waals surface area (Å²) in [5.74, 6) is -0.891. The molecule has 9 heteroatoms. The number of carboxylic acids is 1. The van der Waals surface area contributed by atoms with Crippen LogP contribution < -0.4 is 26.8 Å². The van der Waals surface area contributed by atoms with Crippen molar-refractivity contribution in [2.45, 2.75) is 46.7 Å². The van der Waals surface area contributed by atoms with Gasteiger partial charge in [-0.3, -0.25) is 19.4 Å². The normalized spacial score (nSPS) is 11.0. The lowest BCUT2D eigenvalue weighted by atomic mass is 10.00. The number of nitrogens with one attached hydrogen (secondary N) is 3. The third-order valence-electron chi connectivity index (χ3n) is 7.66. The van der Waals surface area contributed by atoms with E-state index in [0.29, 0.717) is 18.7 Å². The van der Waals surface area contributed by atoms with E-state index in [-0.39, 0.29) is 11.4 Å². The standard InChI is InChI=1S/C26H24N4O4.C10H14.CH2O/c1-27-21(26(33)34)13-16-8-10-17(11-9-16)18-5-4-7-19(14-18)30-23-22(24(31)25(23)32)29-15-20-6-2-3-12-28-20;1-7-5-8(2)10(4)9(3)6-7;1-2/h2-12,14,21,27,29-30H,13,15H2,1H3,(H,33,34);5-6H,1-4H3;1H2. The van der Waals surface area contributed by atoms with E-state index < -0.39 is 22.9 Å². The molecule has 0 aliphatic rings. The van der Waals surface area contributed by atoms with Crippen LogP contribution in [0.3, 0.4) is 0 Å². The second-order valence-electron chi connectivity index (χ2n) is 10.9. The maximum Gasteiger partial charge on any atom is 0.321 e. The largest absolute Gasteiger partial charge is 0.480 e. The smallest absolute Gasteiger partial charge is 0.321 e. The number of carbonyl (C=O) groups excluding carboxylic acids is 1. The number of carboxylic acid groups (broad SMARTS) is 1. The van der Waals surface area contributed by atoms with Crippen LogP contribution in [0.15, 0.2) is 94.6 Å². The van der Waals surface area contributed by atoms with E-state index in [9.17, 15) is 19.5 Å². The molecule has 0 spiro atoms. The minimum atomic E-state index is -0.891. The Labute approximate surface area is 269 Å². The van der Waals surface area contributed by atoms with Gasteiger partial charge < -0.3 is 25.9 Å². The number of hydrogen-bond donors (Lipinski definition) is 4. The predicted octanol–water partition coefficient (Wildman–Crippen LogP) is 5.65. The minimum Gasteiger partial charge on any atom is -0.480 e.